The normalized spacial score (nSPS) is 21.5. The Labute approximate surface area is 129 Å². The zero-order valence-electron chi connectivity index (χ0n) is 12.4. The average Bonchev–Trinajstić information content (AvgIpc) is 3.10. The van der Waals surface area contributed by atoms with Crippen LogP contribution >= 0.6 is 0 Å². The van der Waals surface area contributed by atoms with E-state index in [9.17, 15) is 4.79 Å². The van der Waals surface area contributed by atoms with E-state index in [0.717, 1.165) is 31.4 Å². The maximum absolute atomic E-state index is 12.3. The summed E-state index contributed by atoms with van der Waals surface area (Å²) < 4.78 is 1.84. The molecule has 22 heavy (non-hydrogen) atoms. The van der Waals surface area contributed by atoms with Crippen LogP contribution in [0.3, 0.4) is 0 Å². The molecule has 0 atom stereocenters. The monoisotopic (exact) mass is 300 g/mol. The molecule has 1 aliphatic rings. The molecule has 1 aliphatic carbocycles. The summed E-state index contributed by atoms with van der Waals surface area (Å²) >= 11 is 0. The van der Waals surface area contributed by atoms with Gasteiger partial charge in [-0.25, -0.2) is 4.98 Å². The maximum atomic E-state index is 12.3. The standard InChI is InChI=1S/C16H20N4O2/c21-10-12-1-3-13(4-2-12)19-16(22)15-9-14(5-6-18-15)20-8-7-17-11-20/h5-9,11-13,21H,1-4,10H2,(H,19,22)/t12-,13-. The largest absolute Gasteiger partial charge is 0.396 e. The molecule has 2 aromatic rings. The van der Waals surface area contributed by atoms with E-state index in [1.54, 1.807) is 24.8 Å². The Balaban J connectivity index is 1.64. The van der Waals surface area contributed by atoms with Gasteiger partial charge >= 0.3 is 0 Å². The van der Waals surface area contributed by atoms with Gasteiger partial charge in [0.05, 0.1) is 12.0 Å². The first kappa shape index (κ1) is 14.7. The van der Waals surface area contributed by atoms with Crippen LogP contribution in [0.25, 0.3) is 5.69 Å². The Hall–Kier alpha value is -2.21. The Morgan fingerprint density at radius 2 is 2.14 bits per heavy atom. The van der Waals surface area contributed by atoms with Crippen molar-refractivity contribution >= 4 is 5.91 Å². The Morgan fingerprint density at radius 1 is 1.32 bits per heavy atom. The van der Waals surface area contributed by atoms with Crippen LogP contribution in [-0.4, -0.2) is 38.2 Å². The summed E-state index contributed by atoms with van der Waals surface area (Å²) in [7, 11) is 0. The summed E-state index contributed by atoms with van der Waals surface area (Å²) in [6.07, 6.45) is 10.6. The van der Waals surface area contributed by atoms with Gasteiger partial charge in [0.25, 0.3) is 5.91 Å². The van der Waals surface area contributed by atoms with Crippen LogP contribution in [-0.2, 0) is 0 Å². The van der Waals surface area contributed by atoms with E-state index >= 15 is 0 Å². The topological polar surface area (TPSA) is 80.0 Å². The molecule has 1 fully saturated rings. The Morgan fingerprint density at radius 3 is 2.82 bits per heavy atom. The fourth-order valence-corrected chi connectivity index (χ4v) is 2.86. The highest BCUT2D eigenvalue weighted by atomic mass is 16.3. The van der Waals surface area contributed by atoms with Gasteiger partial charge in [-0.15, -0.1) is 0 Å². The number of hydrogen-bond donors (Lipinski definition) is 2. The highest BCUT2D eigenvalue weighted by Gasteiger charge is 2.22. The van der Waals surface area contributed by atoms with E-state index in [1.807, 2.05) is 16.8 Å². The molecule has 0 radical (unpaired) electrons. The van der Waals surface area contributed by atoms with E-state index < -0.39 is 0 Å². The fourth-order valence-electron chi connectivity index (χ4n) is 2.86. The van der Waals surface area contributed by atoms with Gasteiger partial charge in [0.15, 0.2) is 0 Å². The van der Waals surface area contributed by atoms with Crippen molar-refractivity contribution in [2.45, 2.75) is 31.7 Å². The predicted octanol–water partition coefficient (Wildman–Crippen LogP) is 1.55. The van der Waals surface area contributed by atoms with Gasteiger partial charge in [0, 0.05) is 31.2 Å². The Kier molecular flexibility index (Phi) is 4.48. The molecule has 0 saturated heterocycles. The van der Waals surface area contributed by atoms with Crippen LogP contribution in [0.2, 0.25) is 0 Å². The van der Waals surface area contributed by atoms with Gasteiger partial charge in [-0.1, -0.05) is 0 Å². The van der Waals surface area contributed by atoms with E-state index in [0.29, 0.717) is 11.6 Å². The molecule has 0 unspecified atom stereocenters. The third kappa shape index (κ3) is 3.33. The molecular formula is C16H20N4O2. The second-order valence-electron chi connectivity index (χ2n) is 5.74. The van der Waals surface area contributed by atoms with E-state index in [-0.39, 0.29) is 18.6 Å². The van der Waals surface area contributed by atoms with Crippen molar-refractivity contribution in [2.75, 3.05) is 6.61 Å². The van der Waals surface area contributed by atoms with Gasteiger partial charge in [-0.05, 0) is 43.7 Å². The minimum Gasteiger partial charge on any atom is -0.396 e. The fraction of sp³-hybridized carbons (Fsp3) is 0.438. The zero-order valence-corrected chi connectivity index (χ0v) is 12.4. The van der Waals surface area contributed by atoms with E-state index in [2.05, 4.69) is 15.3 Å². The number of pyridine rings is 1. The molecule has 2 N–H and O–H groups in total. The van der Waals surface area contributed by atoms with Crippen molar-refractivity contribution in [3.63, 3.8) is 0 Å². The number of hydrogen-bond acceptors (Lipinski definition) is 4. The van der Waals surface area contributed by atoms with E-state index in [1.165, 1.54) is 0 Å². The van der Waals surface area contributed by atoms with E-state index in [4.69, 9.17) is 5.11 Å². The minimum atomic E-state index is -0.144. The number of imidazole rings is 1. The van der Waals surface area contributed by atoms with Crippen LogP contribution in [0.15, 0.2) is 37.1 Å². The first-order valence-corrected chi connectivity index (χ1v) is 7.62. The third-order valence-electron chi connectivity index (χ3n) is 4.22. The second kappa shape index (κ2) is 6.70. The molecular weight excluding hydrogens is 280 g/mol. The number of nitrogens with zero attached hydrogens (tertiary/aromatic N) is 3. The number of aliphatic hydroxyl groups is 1. The quantitative estimate of drug-likeness (QED) is 0.898. The first-order valence-electron chi connectivity index (χ1n) is 7.62. The van der Waals surface area contributed by atoms with Crippen LogP contribution < -0.4 is 5.32 Å². The van der Waals surface area contributed by atoms with Gasteiger partial charge in [0.2, 0.25) is 0 Å². The molecule has 6 heteroatoms. The molecule has 1 amide bonds. The van der Waals surface area contributed by atoms with Gasteiger partial charge < -0.3 is 15.0 Å². The number of carbonyl (C=O) groups is 1. The SMILES string of the molecule is O=C(N[C@H]1CC[C@H](CO)CC1)c1cc(-n2ccnc2)ccn1. The number of rotatable bonds is 4. The van der Waals surface area contributed by atoms with Crippen molar-refractivity contribution in [1.82, 2.24) is 19.9 Å². The summed E-state index contributed by atoms with van der Waals surface area (Å²) in [6.45, 7) is 0.245. The molecule has 116 valence electrons. The summed E-state index contributed by atoms with van der Waals surface area (Å²) in [5, 5.41) is 12.2. The van der Waals surface area contributed by atoms with Gasteiger partial charge in [0.1, 0.15) is 5.69 Å². The summed E-state index contributed by atoms with van der Waals surface area (Å²) in [5.41, 5.74) is 1.28. The highest BCUT2D eigenvalue weighted by molar-refractivity contribution is 5.92. The van der Waals surface area contributed by atoms with Gasteiger partial charge in [-0.3, -0.25) is 9.78 Å². The molecule has 3 rings (SSSR count). The lowest BCUT2D eigenvalue weighted by Crippen LogP contribution is -2.38. The lowest BCUT2D eigenvalue weighted by Gasteiger charge is -2.27. The molecule has 2 heterocycles. The highest BCUT2D eigenvalue weighted by Crippen LogP contribution is 2.23. The van der Waals surface area contributed by atoms with Crippen molar-refractivity contribution in [3.8, 4) is 5.69 Å². The Bertz CT molecular complexity index is 619. The first-order chi connectivity index (χ1) is 10.8. The van der Waals surface area contributed by atoms with Crippen LogP contribution in [0.4, 0.5) is 0 Å². The summed E-state index contributed by atoms with van der Waals surface area (Å²) in [4.78, 5) is 20.5. The van der Waals surface area contributed by atoms with Crippen molar-refractivity contribution < 1.29 is 9.90 Å². The predicted molar refractivity (Wildman–Crippen MR) is 81.7 cm³/mol. The van der Waals surface area contributed by atoms with Gasteiger partial charge in [-0.2, -0.15) is 0 Å². The minimum absolute atomic E-state index is 0.144. The summed E-state index contributed by atoms with van der Waals surface area (Å²) in [6, 6.07) is 3.77. The molecule has 0 bridgehead atoms. The second-order valence-corrected chi connectivity index (χ2v) is 5.74. The van der Waals surface area contributed by atoms with Crippen molar-refractivity contribution in [3.05, 3.63) is 42.7 Å². The van der Waals surface area contributed by atoms with Crippen LogP contribution in [0, 0.1) is 5.92 Å². The summed E-state index contributed by atoms with van der Waals surface area (Å²) in [5.74, 6) is 0.241. The maximum Gasteiger partial charge on any atom is 0.270 e. The third-order valence-corrected chi connectivity index (χ3v) is 4.22. The number of amides is 1. The average molecular weight is 300 g/mol. The van der Waals surface area contributed by atoms with Crippen molar-refractivity contribution in [2.24, 2.45) is 5.92 Å². The smallest absolute Gasteiger partial charge is 0.270 e. The number of aliphatic hydroxyl groups excluding tert-OH is 1. The number of nitrogens with one attached hydrogen (secondary N) is 1. The van der Waals surface area contributed by atoms with Crippen molar-refractivity contribution in [1.29, 1.82) is 0 Å². The number of carbonyl (C=O) groups excluding carboxylic acids is 1. The molecule has 6 nitrogen and oxygen atoms in total. The van der Waals surface area contributed by atoms with Crippen LogP contribution in [0.1, 0.15) is 36.2 Å². The van der Waals surface area contributed by atoms with Crippen LogP contribution in [0.5, 0.6) is 0 Å². The molecule has 1 saturated carbocycles. The molecule has 2 aromatic heterocycles. The number of aromatic nitrogens is 3. The lowest BCUT2D eigenvalue weighted by molar-refractivity contribution is 0.0909. The lowest BCUT2D eigenvalue weighted by atomic mass is 9.86. The molecule has 0 spiro atoms. The molecule has 0 aliphatic heterocycles. The molecule has 0 aromatic carbocycles. The zero-order chi connectivity index (χ0) is 15.4.